The van der Waals surface area contributed by atoms with Crippen LogP contribution < -0.4 is 9.47 Å². The molecule has 0 amide bonds. The van der Waals surface area contributed by atoms with Crippen molar-refractivity contribution in [3.63, 3.8) is 0 Å². The number of aryl methyl sites for hydroxylation is 1. The molecule has 0 spiro atoms. The summed E-state index contributed by atoms with van der Waals surface area (Å²) in [5.41, 5.74) is 2.33. The fraction of sp³-hybridized carbons (Fsp3) is 0.136. The maximum Gasteiger partial charge on any atom is 0.336 e. The molecule has 0 fully saturated rings. The number of nitrogens with zero attached hydrogens (tertiary/aromatic N) is 1. The van der Waals surface area contributed by atoms with Crippen molar-refractivity contribution in [1.29, 1.82) is 5.26 Å². The lowest BCUT2D eigenvalue weighted by molar-refractivity contribution is -0.145. The topological polar surface area (TPSA) is 85.6 Å². The molecule has 2 aromatic rings. The highest BCUT2D eigenvalue weighted by Gasteiger charge is 2.05. The van der Waals surface area contributed by atoms with Crippen LogP contribution in [-0.2, 0) is 14.3 Å². The molecule has 6 heteroatoms. The first-order chi connectivity index (χ1) is 13.4. The van der Waals surface area contributed by atoms with Gasteiger partial charge >= 0.3 is 11.9 Å². The predicted molar refractivity (Wildman–Crippen MR) is 103 cm³/mol. The van der Waals surface area contributed by atoms with Crippen molar-refractivity contribution in [3.8, 4) is 17.6 Å². The Bertz CT molecular complexity index is 952. The van der Waals surface area contributed by atoms with Crippen LogP contribution in [0.5, 0.6) is 11.5 Å². The summed E-state index contributed by atoms with van der Waals surface area (Å²) < 4.78 is 15.4. The van der Waals surface area contributed by atoms with E-state index in [1.807, 2.05) is 0 Å². The van der Waals surface area contributed by atoms with Gasteiger partial charge in [0.25, 0.3) is 0 Å². The predicted octanol–water partition coefficient (Wildman–Crippen LogP) is 3.94. The molecule has 2 rings (SSSR count). The first kappa shape index (κ1) is 20.5. The van der Waals surface area contributed by atoms with E-state index in [1.54, 1.807) is 62.4 Å². The average Bonchev–Trinajstić information content (AvgIpc) is 2.67. The quantitative estimate of drug-likeness (QED) is 0.314. The smallest absolute Gasteiger partial charge is 0.336 e. The maximum absolute atomic E-state index is 11.9. The minimum absolute atomic E-state index is 0.211. The van der Waals surface area contributed by atoms with Gasteiger partial charge in [-0.15, -0.1) is 0 Å². The third-order valence-corrected chi connectivity index (χ3v) is 3.59. The van der Waals surface area contributed by atoms with Gasteiger partial charge in [0.15, 0.2) is 0 Å². The van der Waals surface area contributed by atoms with Gasteiger partial charge in [-0.25, -0.2) is 9.59 Å². The monoisotopic (exact) mass is 377 g/mol. The van der Waals surface area contributed by atoms with Gasteiger partial charge in [0.05, 0.1) is 11.6 Å². The average molecular weight is 377 g/mol. The van der Waals surface area contributed by atoms with Crippen molar-refractivity contribution >= 4 is 18.0 Å². The van der Waals surface area contributed by atoms with Crippen molar-refractivity contribution in [2.45, 2.75) is 13.8 Å². The molecular weight excluding hydrogens is 358 g/mol. The molecule has 0 aliphatic rings. The zero-order valence-corrected chi connectivity index (χ0v) is 15.6. The van der Waals surface area contributed by atoms with Gasteiger partial charge in [-0.1, -0.05) is 18.7 Å². The first-order valence-electron chi connectivity index (χ1n) is 8.35. The highest BCUT2D eigenvalue weighted by molar-refractivity contribution is 5.88. The van der Waals surface area contributed by atoms with Gasteiger partial charge < -0.3 is 14.2 Å². The van der Waals surface area contributed by atoms with Crippen LogP contribution in [-0.4, -0.2) is 18.7 Å². The summed E-state index contributed by atoms with van der Waals surface area (Å²) in [6.45, 7) is 6.59. The summed E-state index contributed by atoms with van der Waals surface area (Å²) >= 11 is 0. The summed E-state index contributed by atoms with van der Waals surface area (Å²) in [4.78, 5) is 23.2. The Morgan fingerprint density at radius 3 is 2.43 bits per heavy atom. The molecule has 0 saturated carbocycles. The molecule has 0 unspecified atom stereocenters. The second-order valence-corrected chi connectivity index (χ2v) is 5.89. The van der Waals surface area contributed by atoms with Crippen LogP contribution in [0, 0.1) is 18.3 Å². The Kier molecular flexibility index (Phi) is 7.12. The molecule has 0 aliphatic carbocycles. The van der Waals surface area contributed by atoms with Crippen LogP contribution in [0.15, 0.2) is 60.7 Å². The van der Waals surface area contributed by atoms with Gasteiger partial charge in [-0.3, -0.25) is 0 Å². The molecule has 2 aromatic carbocycles. The first-order valence-corrected chi connectivity index (χ1v) is 8.35. The third-order valence-electron chi connectivity index (χ3n) is 3.59. The van der Waals surface area contributed by atoms with E-state index in [4.69, 9.17) is 19.5 Å². The van der Waals surface area contributed by atoms with Crippen molar-refractivity contribution in [1.82, 2.24) is 0 Å². The normalized spacial score (nSPS) is 10.2. The number of rotatable bonds is 7. The molecule has 0 aromatic heterocycles. The second-order valence-electron chi connectivity index (χ2n) is 5.89. The van der Waals surface area contributed by atoms with Crippen LogP contribution in [0.25, 0.3) is 6.08 Å². The van der Waals surface area contributed by atoms with E-state index in [-0.39, 0.29) is 6.79 Å². The summed E-state index contributed by atoms with van der Waals surface area (Å²) in [6.07, 6.45) is 2.90. The van der Waals surface area contributed by atoms with Crippen LogP contribution in [0.4, 0.5) is 0 Å². The SMILES string of the molecule is C=C(C)C(=O)OCOc1ccc(C=CC(=O)Oc2ccc(C#N)c(C)c2)cc1. The molecule has 28 heavy (non-hydrogen) atoms. The number of nitriles is 1. The molecule has 0 heterocycles. The fourth-order valence-corrected chi connectivity index (χ4v) is 2.09. The van der Waals surface area contributed by atoms with E-state index in [0.29, 0.717) is 22.6 Å². The summed E-state index contributed by atoms with van der Waals surface area (Å²) in [5, 5.41) is 8.91. The standard InChI is InChI=1S/C22H19NO5/c1-15(2)22(25)27-14-26-19-8-4-17(5-9-19)6-11-21(24)28-20-10-7-18(13-23)16(3)12-20/h4-12H,1,14H2,2-3H3. The molecule has 6 nitrogen and oxygen atoms in total. The highest BCUT2D eigenvalue weighted by Crippen LogP contribution is 2.17. The Morgan fingerprint density at radius 2 is 1.82 bits per heavy atom. The molecule has 142 valence electrons. The van der Waals surface area contributed by atoms with Crippen molar-refractivity contribution in [3.05, 3.63) is 77.4 Å². The number of carbonyl (C=O) groups excluding carboxylic acids is 2. The fourth-order valence-electron chi connectivity index (χ4n) is 2.09. The zero-order valence-electron chi connectivity index (χ0n) is 15.6. The maximum atomic E-state index is 11.9. The largest absolute Gasteiger partial charge is 0.457 e. The zero-order chi connectivity index (χ0) is 20.5. The Hall–Kier alpha value is -3.85. The molecular formula is C22H19NO5. The van der Waals surface area contributed by atoms with E-state index >= 15 is 0 Å². The molecule has 0 aliphatic heterocycles. The van der Waals surface area contributed by atoms with E-state index in [2.05, 4.69) is 12.6 Å². The Labute approximate surface area is 163 Å². The summed E-state index contributed by atoms with van der Waals surface area (Å²) in [7, 11) is 0. The Morgan fingerprint density at radius 1 is 1.14 bits per heavy atom. The lowest BCUT2D eigenvalue weighted by Gasteiger charge is -2.07. The van der Waals surface area contributed by atoms with Crippen molar-refractivity contribution < 1.29 is 23.8 Å². The van der Waals surface area contributed by atoms with Crippen LogP contribution in [0.3, 0.4) is 0 Å². The van der Waals surface area contributed by atoms with Crippen LogP contribution in [0.2, 0.25) is 0 Å². The lowest BCUT2D eigenvalue weighted by atomic mass is 10.1. The van der Waals surface area contributed by atoms with E-state index in [0.717, 1.165) is 11.1 Å². The highest BCUT2D eigenvalue weighted by atomic mass is 16.7. The minimum Gasteiger partial charge on any atom is -0.457 e. The molecule has 0 N–H and O–H groups in total. The third kappa shape index (κ3) is 6.15. The van der Waals surface area contributed by atoms with Crippen LogP contribution in [0.1, 0.15) is 23.6 Å². The Balaban J connectivity index is 1.87. The van der Waals surface area contributed by atoms with Gasteiger partial charge in [0, 0.05) is 11.6 Å². The summed E-state index contributed by atoms with van der Waals surface area (Å²) in [5.74, 6) is -0.159. The number of benzene rings is 2. The van der Waals surface area contributed by atoms with Gasteiger partial charge in [-0.05, 0) is 61.4 Å². The van der Waals surface area contributed by atoms with Crippen molar-refractivity contribution in [2.24, 2.45) is 0 Å². The molecule has 0 atom stereocenters. The van der Waals surface area contributed by atoms with E-state index in [1.165, 1.54) is 6.08 Å². The van der Waals surface area contributed by atoms with Gasteiger partial charge in [0.1, 0.15) is 11.5 Å². The summed E-state index contributed by atoms with van der Waals surface area (Å²) in [6, 6.07) is 13.7. The number of esters is 2. The van der Waals surface area contributed by atoms with Crippen molar-refractivity contribution in [2.75, 3.05) is 6.79 Å². The molecule has 0 bridgehead atoms. The number of hydrogen-bond donors (Lipinski definition) is 0. The number of carbonyl (C=O) groups is 2. The van der Waals surface area contributed by atoms with E-state index < -0.39 is 11.9 Å². The van der Waals surface area contributed by atoms with Crippen LogP contribution >= 0.6 is 0 Å². The van der Waals surface area contributed by atoms with E-state index in [9.17, 15) is 9.59 Å². The minimum atomic E-state index is -0.531. The number of hydrogen-bond acceptors (Lipinski definition) is 6. The number of ether oxygens (including phenoxy) is 3. The molecule has 0 radical (unpaired) electrons. The second kappa shape index (κ2) is 9.74. The lowest BCUT2D eigenvalue weighted by Crippen LogP contribution is -2.10. The van der Waals surface area contributed by atoms with Gasteiger partial charge in [0.2, 0.25) is 6.79 Å². The van der Waals surface area contributed by atoms with Gasteiger partial charge in [-0.2, -0.15) is 5.26 Å². The molecule has 0 saturated heterocycles.